The third kappa shape index (κ3) is 3.13. The summed E-state index contributed by atoms with van der Waals surface area (Å²) >= 11 is 0. The summed E-state index contributed by atoms with van der Waals surface area (Å²) < 4.78 is 40.0. The Hall–Kier alpha value is -0.980. The molecule has 6 heteroatoms. The second-order valence-electron chi connectivity index (χ2n) is 4.74. The monoisotopic (exact) mass is 287 g/mol. The van der Waals surface area contributed by atoms with Gasteiger partial charge in [0.15, 0.2) is 0 Å². The molecule has 2 rings (SSSR count). The Morgan fingerprint density at radius 2 is 1.79 bits per heavy atom. The van der Waals surface area contributed by atoms with Crippen LogP contribution in [0.1, 0.15) is 31.2 Å². The van der Waals surface area contributed by atoms with E-state index in [1.165, 1.54) is 16.4 Å². The third-order valence-corrected chi connectivity index (χ3v) is 5.29. The lowest BCUT2D eigenvalue weighted by Crippen LogP contribution is -2.32. The molecule has 0 aliphatic carbocycles. The zero-order valence-electron chi connectivity index (χ0n) is 10.7. The van der Waals surface area contributed by atoms with Gasteiger partial charge in [-0.25, -0.2) is 12.8 Å². The number of benzene rings is 1. The molecule has 1 aliphatic heterocycles. The molecule has 1 fully saturated rings. The predicted molar refractivity (Wildman–Crippen MR) is 69.5 cm³/mol. The van der Waals surface area contributed by atoms with Crippen LogP contribution in [0.4, 0.5) is 4.39 Å². The molecule has 0 unspecified atom stereocenters. The summed E-state index contributed by atoms with van der Waals surface area (Å²) in [4.78, 5) is -0.299. The Labute approximate surface area is 112 Å². The second kappa shape index (κ2) is 5.98. The largest absolute Gasteiger partial charge is 0.392 e. The molecule has 4 nitrogen and oxygen atoms in total. The van der Waals surface area contributed by atoms with Crippen LogP contribution in [-0.2, 0) is 16.6 Å². The van der Waals surface area contributed by atoms with Crippen LogP contribution in [0.5, 0.6) is 0 Å². The summed E-state index contributed by atoms with van der Waals surface area (Å²) in [5.41, 5.74) is 0.368. The SMILES string of the molecule is O=S(=O)(c1ccc(CO)cc1F)N1CCCCCC1. The van der Waals surface area contributed by atoms with Gasteiger partial charge in [-0.05, 0) is 30.5 Å². The van der Waals surface area contributed by atoms with Crippen LogP contribution in [0.25, 0.3) is 0 Å². The molecule has 1 saturated heterocycles. The first-order valence-corrected chi connectivity index (χ1v) is 7.89. The molecular weight excluding hydrogens is 269 g/mol. The molecule has 0 aromatic heterocycles. The Morgan fingerprint density at radius 1 is 1.16 bits per heavy atom. The van der Waals surface area contributed by atoms with Gasteiger partial charge >= 0.3 is 0 Å². The average molecular weight is 287 g/mol. The van der Waals surface area contributed by atoms with Crippen molar-refractivity contribution in [2.24, 2.45) is 0 Å². The van der Waals surface area contributed by atoms with Crippen LogP contribution in [0.2, 0.25) is 0 Å². The van der Waals surface area contributed by atoms with Crippen LogP contribution in [0, 0.1) is 5.82 Å². The highest BCUT2D eigenvalue weighted by molar-refractivity contribution is 7.89. The predicted octanol–water partition coefficient (Wildman–Crippen LogP) is 1.88. The van der Waals surface area contributed by atoms with Crippen molar-refractivity contribution in [3.63, 3.8) is 0 Å². The molecular formula is C13H18FNO3S. The van der Waals surface area contributed by atoms with Gasteiger partial charge in [-0.3, -0.25) is 0 Å². The molecule has 0 saturated carbocycles. The summed E-state index contributed by atoms with van der Waals surface area (Å²) in [6, 6.07) is 3.75. The normalized spacial score (nSPS) is 18.2. The average Bonchev–Trinajstić information content (AvgIpc) is 2.67. The first kappa shape index (κ1) is 14.4. The number of rotatable bonds is 3. The van der Waals surface area contributed by atoms with Crippen LogP contribution in [-0.4, -0.2) is 30.9 Å². The van der Waals surface area contributed by atoms with Crippen molar-refractivity contribution in [1.29, 1.82) is 0 Å². The maximum Gasteiger partial charge on any atom is 0.245 e. The minimum Gasteiger partial charge on any atom is -0.392 e. The fourth-order valence-electron chi connectivity index (χ4n) is 2.27. The minimum atomic E-state index is -3.76. The molecule has 106 valence electrons. The van der Waals surface area contributed by atoms with E-state index in [0.29, 0.717) is 18.7 Å². The van der Waals surface area contributed by atoms with E-state index in [1.54, 1.807) is 0 Å². The fraction of sp³-hybridized carbons (Fsp3) is 0.538. The standard InChI is InChI=1S/C13H18FNO3S/c14-12-9-11(10-16)5-6-13(12)19(17,18)15-7-3-1-2-4-8-15/h5-6,9,16H,1-4,7-8,10H2. The highest BCUT2D eigenvalue weighted by Gasteiger charge is 2.27. The molecule has 0 radical (unpaired) electrons. The maximum absolute atomic E-state index is 13.9. The van der Waals surface area contributed by atoms with E-state index in [2.05, 4.69) is 0 Å². The van der Waals surface area contributed by atoms with Gasteiger partial charge < -0.3 is 5.11 Å². The van der Waals surface area contributed by atoms with E-state index < -0.39 is 15.8 Å². The lowest BCUT2D eigenvalue weighted by Gasteiger charge is -2.20. The molecule has 0 atom stereocenters. The molecule has 0 spiro atoms. The lowest BCUT2D eigenvalue weighted by atomic mass is 10.2. The number of sulfonamides is 1. The van der Waals surface area contributed by atoms with Crippen molar-refractivity contribution < 1.29 is 17.9 Å². The van der Waals surface area contributed by atoms with Gasteiger partial charge in [0.2, 0.25) is 10.0 Å². The van der Waals surface area contributed by atoms with Gasteiger partial charge in [0.05, 0.1) is 6.61 Å². The van der Waals surface area contributed by atoms with Crippen LogP contribution < -0.4 is 0 Å². The number of hydrogen-bond donors (Lipinski definition) is 1. The zero-order chi connectivity index (χ0) is 13.9. The molecule has 1 aromatic carbocycles. The molecule has 1 aliphatic rings. The zero-order valence-corrected chi connectivity index (χ0v) is 11.5. The Balaban J connectivity index is 2.32. The number of hydrogen-bond acceptors (Lipinski definition) is 3. The Kier molecular flexibility index (Phi) is 4.54. The van der Waals surface area contributed by atoms with E-state index in [4.69, 9.17) is 5.11 Å². The first-order chi connectivity index (χ1) is 9.05. The topological polar surface area (TPSA) is 57.6 Å². The number of halogens is 1. The summed E-state index contributed by atoms with van der Waals surface area (Å²) in [5, 5.41) is 8.92. The molecule has 1 aromatic rings. The van der Waals surface area contributed by atoms with E-state index in [9.17, 15) is 12.8 Å². The number of aliphatic hydroxyl groups is 1. The van der Waals surface area contributed by atoms with E-state index >= 15 is 0 Å². The first-order valence-electron chi connectivity index (χ1n) is 6.45. The van der Waals surface area contributed by atoms with Crippen molar-refractivity contribution >= 4 is 10.0 Å². The van der Waals surface area contributed by atoms with Gasteiger partial charge in [-0.1, -0.05) is 18.9 Å². The van der Waals surface area contributed by atoms with Crippen molar-refractivity contribution in [1.82, 2.24) is 4.31 Å². The van der Waals surface area contributed by atoms with Crippen molar-refractivity contribution in [2.45, 2.75) is 37.2 Å². The van der Waals surface area contributed by atoms with E-state index in [1.807, 2.05) is 0 Å². The van der Waals surface area contributed by atoms with Crippen molar-refractivity contribution in [3.05, 3.63) is 29.6 Å². The maximum atomic E-state index is 13.9. The lowest BCUT2D eigenvalue weighted by molar-refractivity contribution is 0.281. The van der Waals surface area contributed by atoms with Crippen LogP contribution in [0.3, 0.4) is 0 Å². The minimum absolute atomic E-state index is 0.299. The van der Waals surface area contributed by atoms with Gasteiger partial charge in [0.1, 0.15) is 10.7 Å². The van der Waals surface area contributed by atoms with Gasteiger partial charge in [-0.15, -0.1) is 0 Å². The van der Waals surface area contributed by atoms with Gasteiger partial charge in [0, 0.05) is 13.1 Å². The van der Waals surface area contributed by atoms with Crippen molar-refractivity contribution in [3.8, 4) is 0 Å². The van der Waals surface area contributed by atoms with E-state index in [-0.39, 0.29) is 11.5 Å². The molecule has 0 amide bonds. The Morgan fingerprint density at radius 3 is 2.32 bits per heavy atom. The van der Waals surface area contributed by atoms with Gasteiger partial charge in [0.25, 0.3) is 0 Å². The van der Waals surface area contributed by atoms with Gasteiger partial charge in [-0.2, -0.15) is 4.31 Å². The highest BCUT2D eigenvalue weighted by Crippen LogP contribution is 2.23. The molecule has 1 heterocycles. The summed E-state index contributed by atoms with van der Waals surface area (Å²) in [6.07, 6.45) is 3.65. The van der Waals surface area contributed by atoms with Crippen molar-refractivity contribution in [2.75, 3.05) is 13.1 Å². The molecule has 0 bridgehead atoms. The molecule has 19 heavy (non-hydrogen) atoms. The van der Waals surface area contributed by atoms with Crippen LogP contribution in [0.15, 0.2) is 23.1 Å². The third-order valence-electron chi connectivity index (χ3n) is 3.36. The Bertz CT molecular complexity index is 537. The summed E-state index contributed by atoms with van der Waals surface area (Å²) in [7, 11) is -3.76. The highest BCUT2D eigenvalue weighted by atomic mass is 32.2. The fourth-order valence-corrected chi connectivity index (χ4v) is 3.84. The quantitative estimate of drug-likeness (QED) is 0.923. The smallest absolute Gasteiger partial charge is 0.245 e. The number of aliphatic hydroxyl groups excluding tert-OH is 1. The van der Waals surface area contributed by atoms with E-state index in [0.717, 1.165) is 31.7 Å². The molecule has 1 N–H and O–H groups in total. The number of nitrogens with zero attached hydrogens (tertiary/aromatic N) is 1. The summed E-state index contributed by atoms with van der Waals surface area (Å²) in [5.74, 6) is -0.796. The second-order valence-corrected chi connectivity index (χ2v) is 6.65. The summed E-state index contributed by atoms with van der Waals surface area (Å²) in [6.45, 7) is 0.591. The van der Waals surface area contributed by atoms with Crippen LogP contribution >= 0.6 is 0 Å².